The van der Waals surface area contributed by atoms with Crippen molar-refractivity contribution < 1.29 is 4.79 Å². The van der Waals surface area contributed by atoms with E-state index in [1.54, 1.807) is 35.7 Å². The third-order valence-corrected chi connectivity index (χ3v) is 3.94. The number of hydrogen-bond donors (Lipinski definition) is 0. The molecule has 0 bridgehead atoms. The van der Waals surface area contributed by atoms with Gasteiger partial charge in [0.15, 0.2) is 0 Å². The number of carbonyl (C=O) groups excluding carboxylic acids is 1. The van der Waals surface area contributed by atoms with Crippen LogP contribution in [0.25, 0.3) is 11.3 Å². The molecule has 0 saturated carbocycles. The third-order valence-electron chi connectivity index (χ3n) is 3.94. The Morgan fingerprint density at radius 3 is 2.72 bits per heavy atom. The number of imidazole rings is 1. The Hall–Kier alpha value is -3.02. The van der Waals surface area contributed by atoms with Gasteiger partial charge in [-0.15, -0.1) is 0 Å². The van der Waals surface area contributed by atoms with Crippen molar-refractivity contribution >= 4 is 5.91 Å². The number of aryl methyl sites for hydroxylation is 1. The molecule has 3 rings (SSSR count). The maximum absolute atomic E-state index is 12.8. The van der Waals surface area contributed by atoms with Crippen LogP contribution in [0, 0.1) is 0 Å². The van der Waals surface area contributed by atoms with Gasteiger partial charge in [-0.1, -0.05) is 0 Å². The molecule has 0 saturated heterocycles. The molecule has 0 aliphatic carbocycles. The fraction of sp³-hybridized carbons (Fsp3) is 0.263. The Kier molecular flexibility index (Phi) is 4.88. The summed E-state index contributed by atoms with van der Waals surface area (Å²) in [5, 5.41) is 0. The molecule has 0 N–H and O–H groups in total. The zero-order valence-electron chi connectivity index (χ0n) is 14.6. The number of pyridine rings is 2. The lowest BCUT2D eigenvalue weighted by molar-refractivity contribution is 0.0684. The average Bonchev–Trinajstić information content (AvgIpc) is 3.06. The zero-order chi connectivity index (χ0) is 17.8. The predicted molar refractivity (Wildman–Crippen MR) is 95.7 cm³/mol. The summed E-state index contributed by atoms with van der Waals surface area (Å²) in [7, 11) is 1.85. The van der Waals surface area contributed by atoms with Crippen molar-refractivity contribution in [1.82, 2.24) is 24.4 Å². The van der Waals surface area contributed by atoms with Gasteiger partial charge in [0.05, 0.1) is 12.0 Å². The highest BCUT2D eigenvalue weighted by molar-refractivity contribution is 5.92. The van der Waals surface area contributed by atoms with Crippen molar-refractivity contribution in [3.8, 4) is 11.3 Å². The minimum absolute atomic E-state index is 0.0597. The van der Waals surface area contributed by atoms with Gasteiger partial charge in [-0.3, -0.25) is 14.8 Å². The van der Waals surface area contributed by atoms with E-state index < -0.39 is 0 Å². The van der Waals surface area contributed by atoms with Crippen LogP contribution < -0.4 is 0 Å². The van der Waals surface area contributed by atoms with E-state index in [2.05, 4.69) is 15.0 Å². The molecule has 0 spiro atoms. The van der Waals surface area contributed by atoms with Crippen molar-refractivity contribution in [2.75, 3.05) is 0 Å². The normalized spacial score (nSPS) is 10.9. The predicted octanol–water partition coefficient (Wildman–Crippen LogP) is 2.93. The molecule has 0 aliphatic heterocycles. The molecule has 3 aromatic rings. The quantitative estimate of drug-likeness (QED) is 0.719. The smallest absolute Gasteiger partial charge is 0.274 e. The minimum atomic E-state index is -0.0738. The maximum atomic E-state index is 12.8. The van der Waals surface area contributed by atoms with Crippen LogP contribution in [0.1, 0.15) is 29.9 Å². The number of nitrogens with zero attached hydrogens (tertiary/aromatic N) is 5. The first-order valence-corrected chi connectivity index (χ1v) is 8.19. The summed E-state index contributed by atoms with van der Waals surface area (Å²) in [6.45, 7) is 4.51. The van der Waals surface area contributed by atoms with Gasteiger partial charge in [0, 0.05) is 50.0 Å². The van der Waals surface area contributed by atoms with Crippen molar-refractivity contribution in [1.29, 1.82) is 0 Å². The molecular formula is C19H21N5O. The maximum Gasteiger partial charge on any atom is 0.274 e. The van der Waals surface area contributed by atoms with Gasteiger partial charge in [-0.25, -0.2) is 4.98 Å². The monoisotopic (exact) mass is 335 g/mol. The Morgan fingerprint density at radius 2 is 2.08 bits per heavy atom. The SMILES string of the molecule is CC(C)N(Cc1ccnc(-c2cccnc2)c1)C(=O)c1cn(C)cn1. The number of hydrogen-bond acceptors (Lipinski definition) is 4. The molecule has 25 heavy (non-hydrogen) atoms. The molecule has 1 amide bonds. The van der Waals surface area contributed by atoms with Crippen LogP contribution in [0.5, 0.6) is 0 Å². The van der Waals surface area contributed by atoms with Gasteiger partial charge >= 0.3 is 0 Å². The molecule has 0 atom stereocenters. The Balaban J connectivity index is 1.84. The molecule has 3 aromatic heterocycles. The van der Waals surface area contributed by atoms with E-state index in [1.165, 1.54) is 0 Å². The molecule has 0 unspecified atom stereocenters. The van der Waals surface area contributed by atoms with Crippen LogP contribution in [-0.4, -0.2) is 36.4 Å². The third kappa shape index (κ3) is 3.91. The molecule has 6 nitrogen and oxygen atoms in total. The summed E-state index contributed by atoms with van der Waals surface area (Å²) < 4.78 is 1.78. The second kappa shape index (κ2) is 7.25. The van der Waals surface area contributed by atoms with Crippen molar-refractivity contribution in [2.45, 2.75) is 26.4 Å². The van der Waals surface area contributed by atoms with Gasteiger partial charge in [-0.05, 0) is 43.7 Å². The number of carbonyl (C=O) groups is 1. The fourth-order valence-corrected chi connectivity index (χ4v) is 2.60. The lowest BCUT2D eigenvalue weighted by Crippen LogP contribution is -2.36. The Bertz CT molecular complexity index is 857. The average molecular weight is 335 g/mol. The van der Waals surface area contributed by atoms with Gasteiger partial charge in [-0.2, -0.15) is 0 Å². The molecule has 6 heteroatoms. The van der Waals surface area contributed by atoms with E-state index in [1.807, 2.05) is 50.1 Å². The topological polar surface area (TPSA) is 63.9 Å². The highest BCUT2D eigenvalue weighted by Gasteiger charge is 2.21. The van der Waals surface area contributed by atoms with Crippen molar-refractivity contribution in [2.24, 2.45) is 7.05 Å². The number of rotatable bonds is 5. The summed E-state index contributed by atoms with van der Waals surface area (Å²) >= 11 is 0. The van der Waals surface area contributed by atoms with Gasteiger partial charge in [0.2, 0.25) is 0 Å². The summed E-state index contributed by atoms with van der Waals surface area (Å²) in [4.78, 5) is 27.3. The Morgan fingerprint density at radius 1 is 1.24 bits per heavy atom. The van der Waals surface area contributed by atoms with Crippen molar-refractivity contribution in [3.63, 3.8) is 0 Å². The van der Waals surface area contributed by atoms with Crippen molar-refractivity contribution in [3.05, 3.63) is 66.6 Å². The van der Waals surface area contributed by atoms with E-state index >= 15 is 0 Å². The molecule has 3 heterocycles. The van der Waals surface area contributed by atoms with E-state index in [0.29, 0.717) is 12.2 Å². The van der Waals surface area contributed by atoms with Gasteiger partial charge in [0.1, 0.15) is 5.69 Å². The Labute approximate surface area is 147 Å². The molecule has 0 radical (unpaired) electrons. The van der Waals surface area contributed by atoms with Crippen LogP contribution in [-0.2, 0) is 13.6 Å². The van der Waals surface area contributed by atoms with E-state index in [4.69, 9.17) is 0 Å². The largest absolute Gasteiger partial charge is 0.340 e. The molecule has 0 aliphatic rings. The second-order valence-corrected chi connectivity index (χ2v) is 6.24. The minimum Gasteiger partial charge on any atom is -0.340 e. The summed E-state index contributed by atoms with van der Waals surface area (Å²) in [5.74, 6) is -0.0738. The number of amides is 1. The highest BCUT2D eigenvalue weighted by Crippen LogP contribution is 2.19. The number of aromatic nitrogens is 4. The summed E-state index contributed by atoms with van der Waals surface area (Å²) in [5.41, 5.74) is 3.28. The van der Waals surface area contributed by atoms with Crippen LogP contribution in [0.4, 0.5) is 0 Å². The highest BCUT2D eigenvalue weighted by atomic mass is 16.2. The second-order valence-electron chi connectivity index (χ2n) is 6.24. The van der Waals surface area contributed by atoms with E-state index in [9.17, 15) is 4.79 Å². The molecule has 0 aromatic carbocycles. The standard InChI is InChI=1S/C19H21N5O/c1-14(2)24(19(25)18-12-23(3)13-22-18)11-15-6-8-21-17(9-15)16-5-4-7-20-10-16/h4-10,12-14H,11H2,1-3H3. The van der Waals surface area contributed by atoms with Crippen LogP contribution in [0.2, 0.25) is 0 Å². The summed E-state index contributed by atoms with van der Waals surface area (Å²) in [6, 6.07) is 7.84. The van der Waals surface area contributed by atoms with Gasteiger partial charge < -0.3 is 9.47 Å². The van der Waals surface area contributed by atoms with Crippen LogP contribution in [0.3, 0.4) is 0 Å². The lowest BCUT2D eigenvalue weighted by atomic mass is 10.1. The van der Waals surface area contributed by atoms with Crippen LogP contribution >= 0.6 is 0 Å². The fourth-order valence-electron chi connectivity index (χ4n) is 2.60. The van der Waals surface area contributed by atoms with E-state index in [-0.39, 0.29) is 11.9 Å². The summed E-state index contributed by atoms with van der Waals surface area (Å²) in [6.07, 6.45) is 8.66. The first-order valence-electron chi connectivity index (χ1n) is 8.19. The van der Waals surface area contributed by atoms with E-state index in [0.717, 1.165) is 16.8 Å². The zero-order valence-corrected chi connectivity index (χ0v) is 14.6. The van der Waals surface area contributed by atoms with Gasteiger partial charge in [0.25, 0.3) is 5.91 Å². The van der Waals surface area contributed by atoms with Crippen LogP contribution in [0.15, 0.2) is 55.4 Å². The molecule has 0 fully saturated rings. The molecule has 128 valence electrons. The molecular weight excluding hydrogens is 314 g/mol. The lowest BCUT2D eigenvalue weighted by Gasteiger charge is -2.26. The first kappa shape index (κ1) is 16.8. The first-order chi connectivity index (χ1) is 12.0.